The van der Waals surface area contributed by atoms with Gasteiger partial charge in [-0.2, -0.15) is 5.26 Å². The van der Waals surface area contributed by atoms with Gasteiger partial charge >= 0.3 is 0 Å². The molecular weight excluding hydrogens is 304 g/mol. The maximum Gasteiger partial charge on any atom is 0.142 e. The van der Waals surface area contributed by atoms with Crippen LogP contribution in [-0.2, 0) is 0 Å². The van der Waals surface area contributed by atoms with E-state index in [0.717, 1.165) is 47.3 Å². The molecule has 1 aliphatic heterocycles. The lowest BCUT2D eigenvalue weighted by Gasteiger charge is -2.30. The molecular formula is C17H18N6O. The Morgan fingerprint density at radius 3 is 3.21 bits per heavy atom. The number of aromatic nitrogens is 3. The Balaban J connectivity index is 1.68. The molecule has 7 heteroatoms. The minimum absolute atomic E-state index is 0.300. The molecule has 24 heavy (non-hydrogen) atoms. The second kappa shape index (κ2) is 6.07. The van der Waals surface area contributed by atoms with E-state index in [-0.39, 0.29) is 0 Å². The predicted octanol–water partition coefficient (Wildman–Crippen LogP) is 1.27. The smallest absolute Gasteiger partial charge is 0.142 e. The fraction of sp³-hybridized carbons (Fsp3) is 0.353. The largest absolute Gasteiger partial charge is 0.491 e. The first-order valence-electron chi connectivity index (χ1n) is 7.96. The molecule has 1 fully saturated rings. The SMILES string of the molecule is CN1CCN[C@H](COc2ccnc3[nH]c4cnc(C#N)cc4c23)C1. The lowest BCUT2D eigenvalue weighted by molar-refractivity contribution is 0.181. The molecule has 0 bridgehead atoms. The summed E-state index contributed by atoms with van der Waals surface area (Å²) >= 11 is 0. The quantitative estimate of drug-likeness (QED) is 0.755. The van der Waals surface area contributed by atoms with Crippen molar-refractivity contribution in [2.24, 2.45) is 0 Å². The molecule has 1 atom stereocenters. The number of ether oxygens (including phenoxy) is 1. The fourth-order valence-corrected chi connectivity index (χ4v) is 3.16. The van der Waals surface area contributed by atoms with Gasteiger partial charge in [-0.1, -0.05) is 0 Å². The summed E-state index contributed by atoms with van der Waals surface area (Å²) in [5, 5.41) is 14.4. The predicted molar refractivity (Wildman–Crippen MR) is 90.9 cm³/mol. The molecule has 0 radical (unpaired) electrons. The van der Waals surface area contributed by atoms with E-state index in [1.807, 2.05) is 6.07 Å². The summed E-state index contributed by atoms with van der Waals surface area (Å²) in [7, 11) is 2.12. The minimum Gasteiger partial charge on any atom is -0.491 e. The highest BCUT2D eigenvalue weighted by atomic mass is 16.5. The molecule has 0 aromatic carbocycles. The molecule has 0 unspecified atom stereocenters. The van der Waals surface area contributed by atoms with Crippen molar-refractivity contribution in [3.05, 3.63) is 30.2 Å². The number of likely N-dealkylation sites (N-methyl/N-ethyl adjacent to an activating group) is 1. The second-order valence-electron chi connectivity index (χ2n) is 6.11. The fourth-order valence-electron chi connectivity index (χ4n) is 3.16. The molecule has 122 valence electrons. The first-order chi connectivity index (χ1) is 11.7. The molecule has 0 aliphatic carbocycles. The maximum absolute atomic E-state index is 9.09. The van der Waals surface area contributed by atoms with Crippen LogP contribution in [0.1, 0.15) is 5.69 Å². The summed E-state index contributed by atoms with van der Waals surface area (Å²) in [5.74, 6) is 0.774. The number of fused-ring (bicyclic) bond motifs is 3. The van der Waals surface area contributed by atoms with Crippen LogP contribution >= 0.6 is 0 Å². The lowest BCUT2D eigenvalue weighted by Crippen LogP contribution is -2.51. The summed E-state index contributed by atoms with van der Waals surface area (Å²) in [4.78, 5) is 14.0. The third kappa shape index (κ3) is 2.66. The van der Waals surface area contributed by atoms with Crippen LogP contribution in [0, 0.1) is 11.3 Å². The molecule has 0 saturated carbocycles. The van der Waals surface area contributed by atoms with Crippen LogP contribution in [0.4, 0.5) is 0 Å². The average molecular weight is 322 g/mol. The summed E-state index contributed by atoms with van der Waals surface area (Å²) in [6.45, 7) is 3.58. The van der Waals surface area contributed by atoms with Crippen molar-refractivity contribution in [1.82, 2.24) is 25.2 Å². The van der Waals surface area contributed by atoms with Crippen molar-refractivity contribution in [2.45, 2.75) is 6.04 Å². The molecule has 3 aromatic heterocycles. The van der Waals surface area contributed by atoms with E-state index in [2.05, 4.69) is 38.3 Å². The highest BCUT2D eigenvalue weighted by Crippen LogP contribution is 2.31. The Kier molecular flexibility index (Phi) is 3.76. The van der Waals surface area contributed by atoms with Crippen molar-refractivity contribution in [2.75, 3.05) is 33.3 Å². The molecule has 0 spiro atoms. The average Bonchev–Trinajstić information content (AvgIpc) is 2.98. The van der Waals surface area contributed by atoms with Gasteiger partial charge in [0.2, 0.25) is 0 Å². The van der Waals surface area contributed by atoms with Gasteiger partial charge in [0, 0.05) is 31.2 Å². The normalized spacial score (nSPS) is 18.8. The van der Waals surface area contributed by atoms with E-state index in [0.29, 0.717) is 18.3 Å². The Morgan fingerprint density at radius 1 is 1.46 bits per heavy atom. The first-order valence-corrected chi connectivity index (χ1v) is 7.96. The van der Waals surface area contributed by atoms with Crippen molar-refractivity contribution < 1.29 is 4.74 Å². The van der Waals surface area contributed by atoms with Crippen LogP contribution in [0.25, 0.3) is 21.9 Å². The highest BCUT2D eigenvalue weighted by molar-refractivity contribution is 6.09. The van der Waals surface area contributed by atoms with E-state index < -0.39 is 0 Å². The number of rotatable bonds is 3. The molecule has 4 heterocycles. The number of aromatic amines is 1. The molecule has 4 rings (SSSR count). The highest BCUT2D eigenvalue weighted by Gasteiger charge is 2.18. The van der Waals surface area contributed by atoms with Gasteiger partial charge in [0.05, 0.1) is 23.1 Å². The van der Waals surface area contributed by atoms with Gasteiger partial charge in [0.25, 0.3) is 0 Å². The molecule has 2 N–H and O–H groups in total. The number of pyridine rings is 2. The summed E-state index contributed by atoms with van der Waals surface area (Å²) in [6.07, 6.45) is 3.39. The summed E-state index contributed by atoms with van der Waals surface area (Å²) in [5.41, 5.74) is 1.98. The van der Waals surface area contributed by atoms with E-state index >= 15 is 0 Å². The van der Waals surface area contributed by atoms with Gasteiger partial charge in [0.15, 0.2) is 0 Å². The lowest BCUT2D eigenvalue weighted by atomic mass is 10.2. The molecule has 0 amide bonds. The van der Waals surface area contributed by atoms with Crippen LogP contribution in [0.15, 0.2) is 24.5 Å². The topological polar surface area (TPSA) is 89.9 Å². The van der Waals surface area contributed by atoms with Gasteiger partial charge in [-0.15, -0.1) is 0 Å². The number of nitrogens with zero attached hydrogens (tertiary/aromatic N) is 4. The van der Waals surface area contributed by atoms with Crippen molar-refractivity contribution >= 4 is 21.9 Å². The van der Waals surface area contributed by atoms with Gasteiger partial charge < -0.3 is 19.9 Å². The van der Waals surface area contributed by atoms with Crippen LogP contribution in [0.5, 0.6) is 5.75 Å². The monoisotopic (exact) mass is 322 g/mol. The zero-order valence-corrected chi connectivity index (χ0v) is 13.4. The summed E-state index contributed by atoms with van der Waals surface area (Å²) < 4.78 is 6.09. The molecule has 7 nitrogen and oxygen atoms in total. The van der Waals surface area contributed by atoms with Crippen molar-refractivity contribution in [3.8, 4) is 11.8 Å². The zero-order chi connectivity index (χ0) is 16.5. The van der Waals surface area contributed by atoms with Crippen LogP contribution in [0.2, 0.25) is 0 Å². The van der Waals surface area contributed by atoms with Crippen LogP contribution in [-0.4, -0.2) is 59.2 Å². The molecule has 3 aromatic rings. The second-order valence-corrected chi connectivity index (χ2v) is 6.11. The van der Waals surface area contributed by atoms with Gasteiger partial charge in [-0.05, 0) is 19.2 Å². The third-order valence-corrected chi connectivity index (χ3v) is 4.35. The van der Waals surface area contributed by atoms with E-state index in [1.165, 1.54) is 0 Å². The standard InChI is InChI=1S/C17H18N6O/c1-23-5-4-19-12(9-23)10-24-15-2-3-20-17-16(15)13-6-11(7-18)21-8-14(13)22-17/h2-3,6,8,12,19H,4-5,9-10H2,1H3,(H,20,22)/t12-/m0/s1. The first kappa shape index (κ1) is 14.9. The van der Waals surface area contributed by atoms with E-state index in [1.54, 1.807) is 18.5 Å². The van der Waals surface area contributed by atoms with Gasteiger partial charge in [-0.25, -0.2) is 9.97 Å². The van der Waals surface area contributed by atoms with Crippen molar-refractivity contribution in [3.63, 3.8) is 0 Å². The van der Waals surface area contributed by atoms with Crippen LogP contribution < -0.4 is 10.1 Å². The number of hydrogen-bond acceptors (Lipinski definition) is 6. The number of nitrogens with one attached hydrogen (secondary N) is 2. The van der Waals surface area contributed by atoms with Crippen molar-refractivity contribution in [1.29, 1.82) is 5.26 Å². The zero-order valence-electron chi connectivity index (χ0n) is 13.4. The number of piperazine rings is 1. The Hall–Kier alpha value is -2.69. The van der Waals surface area contributed by atoms with E-state index in [9.17, 15) is 0 Å². The van der Waals surface area contributed by atoms with Gasteiger partial charge in [-0.3, -0.25) is 0 Å². The Bertz CT molecular complexity index is 928. The van der Waals surface area contributed by atoms with Crippen LogP contribution in [0.3, 0.4) is 0 Å². The Labute approximate surface area is 139 Å². The number of nitriles is 1. The minimum atomic E-state index is 0.300. The number of hydrogen-bond donors (Lipinski definition) is 2. The number of H-pyrrole nitrogens is 1. The van der Waals surface area contributed by atoms with E-state index in [4.69, 9.17) is 10.00 Å². The van der Waals surface area contributed by atoms with Gasteiger partial charge in [0.1, 0.15) is 29.8 Å². The molecule has 1 saturated heterocycles. The maximum atomic E-state index is 9.09. The third-order valence-electron chi connectivity index (χ3n) is 4.35. The summed E-state index contributed by atoms with van der Waals surface area (Å²) in [6, 6.07) is 6.02. The Morgan fingerprint density at radius 2 is 2.38 bits per heavy atom. The molecule has 1 aliphatic rings.